The van der Waals surface area contributed by atoms with E-state index in [0.29, 0.717) is 13.1 Å². The summed E-state index contributed by atoms with van der Waals surface area (Å²) in [5.74, 6) is -0.796. The average molecular weight is 454 g/mol. The Bertz CT molecular complexity index is 1010. The molecule has 0 aromatic heterocycles. The molecule has 0 aliphatic carbocycles. The number of nitrogens with zero attached hydrogens (tertiary/aromatic N) is 2. The number of rotatable bonds is 7. The van der Waals surface area contributed by atoms with E-state index in [1.165, 1.54) is 34.6 Å². The van der Waals surface area contributed by atoms with Crippen LogP contribution in [0.3, 0.4) is 0 Å². The van der Waals surface area contributed by atoms with Gasteiger partial charge in [0.25, 0.3) is 5.91 Å². The minimum Gasteiger partial charge on any atom is -0.350 e. The fraction of sp³-hybridized carbons (Fsp3) is 0.381. The van der Waals surface area contributed by atoms with Crippen LogP contribution in [0.5, 0.6) is 0 Å². The molecule has 0 saturated carbocycles. The number of carbonyl (C=O) groups excluding carboxylic acids is 1. The maximum atomic E-state index is 13.2. The van der Waals surface area contributed by atoms with Gasteiger partial charge in [-0.05, 0) is 62.8 Å². The van der Waals surface area contributed by atoms with Crippen molar-refractivity contribution in [1.82, 2.24) is 14.5 Å². The van der Waals surface area contributed by atoms with E-state index in [-0.39, 0.29) is 33.9 Å². The number of nitrogens with one attached hydrogen (secondary N) is 1. The zero-order valence-corrected chi connectivity index (χ0v) is 18.5. The van der Waals surface area contributed by atoms with E-state index >= 15 is 0 Å². The van der Waals surface area contributed by atoms with Crippen molar-refractivity contribution >= 4 is 27.5 Å². The summed E-state index contributed by atoms with van der Waals surface area (Å²) < 4.78 is 40.3. The second kappa shape index (κ2) is 9.43. The van der Waals surface area contributed by atoms with Crippen LogP contribution in [0, 0.1) is 5.82 Å². The van der Waals surface area contributed by atoms with Crippen LogP contribution in [0.2, 0.25) is 5.02 Å². The van der Waals surface area contributed by atoms with Crippen LogP contribution >= 0.6 is 11.6 Å². The maximum Gasteiger partial charge on any atom is 0.252 e. The van der Waals surface area contributed by atoms with E-state index in [9.17, 15) is 17.6 Å². The van der Waals surface area contributed by atoms with Gasteiger partial charge in [-0.3, -0.25) is 4.79 Å². The van der Waals surface area contributed by atoms with Crippen LogP contribution in [0.25, 0.3) is 0 Å². The molecule has 0 spiro atoms. The molecule has 2 aromatic carbocycles. The molecule has 2 aromatic rings. The Morgan fingerprint density at radius 2 is 1.80 bits per heavy atom. The van der Waals surface area contributed by atoms with Crippen molar-refractivity contribution < 1.29 is 17.6 Å². The number of likely N-dealkylation sites (N-methyl/N-ethyl adjacent to an activating group) is 1. The normalized spacial score (nSPS) is 16.0. The number of sulfonamides is 1. The third-order valence-electron chi connectivity index (χ3n) is 5.22. The molecule has 6 nitrogen and oxygen atoms in total. The topological polar surface area (TPSA) is 69.7 Å². The lowest BCUT2D eigenvalue weighted by molar-refractivity contribution is 0.0942. The second-order valence-corrected chi connectivity index (χ2v) is 9.84. The molecule has 1 amide bonds. The molecule has 1 unspecified atom stereocenters. The van der Waals surface area contributed by atoms with Gasteiger partial charge in [0.05, 0.1) is 21.5 Å². The number of benzene rings is 2. The van der Waals surface area contributed by atoms with Crippen molar-refractivity contribution in [2.24, 2.45) is 0 Å². The van der Waals surface area contributed by atoms with Crippen molar-refractivity contribution in [1.29, 1.82) is 0 Å². The first-order valence-corrected chi connectivity index (χ1v) is 11.5. The number of halogens is 2. The molecule has 3 rings (SSSR count). The van der Waals surface area contributed by atoms with Gasteiger partial charge >= 0.3 is 0 Å². The Hall–Kier alpha value is -2.00. The highest BCUT2D eigenvalue weighted by molar-refractivity contribution is 7.89. The molecule has 1 atom stereocenters. The third-order valence-corrected chi connectivity index (χ3v) is 7.44. The largest absolute Gasteiger partial charge is 0.350 e. The predicted octanol–water partition coefficient (Wildman–Crippen LogP) is 3.30. The molecule has 1 aliphatic rings. The van der Waals surface area contributed by atoms with Crippen LogP contribution in [0.15, 0.2) is 47.4 Å². The van der Waals surface area contributed by atoms with E-state index in [1.807, 2.05) is 19.0 Å². The summed E-state index contributed by atoms with van der Waals surface area (Å²) in [6, 6.07) is 10.1. The van der Waals surface area contributed by atoms with E-state index in [0.717, 1.165) is 18.4 Å². The molecular weight excluding hydrogens is 429 g/mol. The summed E-state index contributed by atoms with van der Waals surface area (Å²) in [5.41, 5.74) is 0.951. The Labute approximate surface area is 181 Å². The molecular formula is C21H25ClFN3O3S. The van der Waals surface area contributed by atoms with Gasteiger partial charge in [0.1, 0.15) is 5.82 Å². The fourth-order valence-electron chi connectivity index (χ4n) is 3.48. The average Bonchev–Trinajstić information content (AvgIpc) is 3.25. The third kappa shape index (κ3) is 5.00. The molecule has 1 saturated heterocycles. The molecule has 0 radical (unpaired) electrons. The molecule has 1 fully saturated rings. The zero-order chi connectivity index (χ0) is 21.9. The van der Waals surface area contributed by atoms with Crippen molar-refractivity contribution in [2.45, 2.75) is 23.8 Å². The standard InChI is InChI=1S/C21H25ClFN3O3S/c1-25(2)20(15-5-7-16(23)8-6-15)14-24-21(27)18-13-17(9-10-19(18)22)30(28,29)26-11-3-4-12-26/h5-10,13,20H,3-4,11-12,14H2,1-2H3,(H,24,27). The molecule has 1 N–H and O–H groups in total. The van der Waals surface area contributed by atoms with Crippen LogP contribution in [0.1, 0.15) is 34.8 Å². The second-order valence-electron chi connectivity index (χ2n) is 7.49. The Morgan fingerprint density at radius 1 is 1.17 bits per heavy atom. The number of hydrogen-bond donors (Lipinski definition) is 1. The molecule has 162 valence electrons. The van der Waals surface area contributed by atoms with Gasteiger partial charge in [-0.15, -0.1) is 0 Å². The molecule has 0 bridgehead atoms. The lowest BCUT2D eigenvalue weighted by Gasteiger charge is -2.25. The number of amides is 1. The number of carbonyl (C=O) groups is 1. The van der Waals surface area contributed by atoms with Crippen molar-refractivity contribution in [3.8, 4) is 0 Å². The zero-order valence-electron chi connectivity index (χ0n) is 16.9. The van der Waals surface area contributed by atoms with Gasteiger partial charge in [-0.2, -0.15) is 4.31 Å². The lowest BCUT2D eigenvalue weighted by atomic mass is 10.1. The summed E-state index contributed by atoms with van der Waals surface area (Å²) >= 11 is 6.19. The fourth-order valence-corrected chi connectivity index (χ4v) is 5.23. The van der Waals surface area contributed by atoms with Gasteiger partial charge in [0.15, 0.2) is 0 Å². The summed E-state index contributed by atoms with van der Waals surface area (Å²) in [7, 11) is 0.0628. The summed E-state index contributed by atoms with van der Waals surface area (Å²) in [4.78, 5) is 14.8. The maximum absolute atomic E-state index is 13.2. The minimum atomic E-state index is -3.65. The predicted molar refractivity (Wildman–Crippen MR) is 115 cm³/mol. The van der Waals surface area contributed by atoms with Crippen molar-refractivity contribution in [2.75, 3.05) is 33.7 Å². The molecule has 9 heteroatoms. The SMILES string of the molecule is CN(C)C(CNC(=O)c1cc(S(=O)(=O)N2CCCC2)ccc1Cl)c1ccc(F)cc1. The Kier molecular flexibility index (Phi) is 7.13. The van der Waals surface area contributed by atoms with Gasteiger partial charge in [0.2, 0.25) is 10.0 Å². The highest BCUT2D eigenvalue weighted by Crippen LogP contribution is 2.25. The van der Waals surface area contributed by atoms with Crippen LogP contribution in [0.4, 0.5) is 4.39 Å². The van der Waals surface area contributed by atoms with Gasteiger partial charge < -0.3 is 10.2 Å². The van der Waals surface area contributed by atoms with Gasteiger partial charge in [-0.1, -0.05) is 23.7 Å². The van der Waals surface area contributed by atoms with Crippen molar-refractivity contribution in [3.63, 3.8) is 0 Å². The molecule has 1 aliphatic heterocycles. The van der Waals surface area contributed by atoms with Gasteiger partial charge in [-0.25, -0.2) is 12.8 Å². The smallest absolute Gasteiger partial charge is 0.252 e. The van der Waals surface area contributed by atoms with Crippen molar-refractivity contribution in [3.05, 3.63) is 64.4 Å². The Morgan fingerprint density at radius 3 is 2.40 bits per heavy atom. The summed E-state index contributed by atoms with van der Waals surface area (Å²) in [6.45, 7) is 1.21. The van der Waals surface area contributed by atoms with E-state index in [1.54, 1.807) is 12.1 Å². The molecule has 30 heavy (non-hydrogen) atoms. The minimum absolute atomic E-state index is 0.0571. The summed E-state index contributed by atoms with van der Waals surface area (Å²) in [6.07, 6.45) is 1.66. The van der Waals surface area contributed by atoms with Crippen LogP contribution in [-0.2, 0) is 10.0 Å². The van der Waals surface area contributed by atoms with E-state index < -0.39 is 15.9 Å². The monoisotopic (exact) mass is 453 g/mol. The molecule has 1 heterocycles. The first kappa shape index (κ1) is 22.7. The van der Waals surface area contributed by atoms with E-state index in [4.69, 9.17) is 11.6 Å². The number of hydrogen-bond acceptors (Lipinski definition) is 4. The quantitative estimate of drug-likeness (QED) is 0.698. The van der Waals surface area contributed by atoms with Gasteiger partial charge in [0, 0.05) is 19.6 Å². The Balaban J connectivity index is 1.78. The lowest BCUT2D eigenvalue weighted by Crippen LogP contribution is -2.35. The highest BCUT2D eigenvalue weighted by atomic mass is 35.5. The van der Waals surface area contributed by atoms with E-state index in [2.05, 4.69) is 5.32 Å². The highest BCUT2D eigenvalue weighted by Gasteiger charge is 2.28. The first-order valence-electron chi connectivity index (χ1n) is 9.70. The van der Waals surface area contributed by atoms with Crippen LogP contribution < -0.4 is 5.32 Å². The van der Waals surface area contributed by atoms with Crippen LogP contribution in [-0.4, -0.2) is 57.3 Å². The first-order chi connectivity index (χ1) is 14.2. The summed E-state index contributed by atoms with van der Waals surface area (Å²) in [5, 5.41) is 2.99.